The number of anilines is 2. The van der Waals surface area contributed by atoms with E-state index in [9.17, 15) is 9.59 Å². The standard InChI is InChI=1S/C18H28N4O3/c1-21-9-11-22(12-10-21)16-6-4-15(5-7-16)20-18(24)14-17(23)19-8-3-13-25-2/h4-7H,3,8-14H2,1-2H3,(H,19,23)(H,20,24). The molecule has 2 rings (SSSR count). The van der Waals surface area contributed by atoms with Crippen LogP contribution in [0.15, 0.2) is 24.3 Å². The van der Waals surface area contributed by atoms with E-state index in [2.05, 4.69) is 27.5 Å². The minimum absolute atomic E-state index is 0.173. The van der Waals surface area contributed by atoms with Crippen molar-refractivity contribution in [1.29, 1.82) is 0 Å². The van der Waals surface area contributed by atoms with E-state index in [0.29, 0.717) is 18.8 Å². The molecule has 0 spiro atoms. The summed E-state index contributed by atoms with van der Waals surface area (Å²) in [5.74, 6) is -0.584. The van der Waals surface area contributed by atoms with Crippen molar-refractivity contribution >= 4 is 23.2 Å². The zero-order valence-electron chi connectivity index (χ0n) is 15.1. The number of carbonyl (C=O) groups excluding carboxylic acids is 2. The van der Waals surface area contributed by atoms with Gasteiger partial charge in [0, 0.05) is 57.8 Å². The maximum absolute atomic E-state index is 11.9. The zero-order valence-corrected chi connectivity index (χ0v) is 15.1. The van der Waals surface area contributed by atoms with Gasteiger partial charge in [0.05, 0.1) is 0 Å². The molecule has 1 heterocycles. The second-order valence-corrected chi connectivity index (χ2v) is 6.26. The molecule has 2 amide bonds. The van der Waals surface area contributed by atoms with Crippen molar-refractivity contribution in [2.75, 3.05) is 63.7 Å². The highest BCUT2D eigenvalue weighted by Gasteiger charge is 2.14. The average molecular weight is 348 g/mol. The van der Waals surface area contributed by atoms with Gasteiger partial charge in [-0.05, 0) is 37.7 Å². The number of hydrogen-bond acceptors (Lipinski definition) is 5. The summed E-state index contributed by atoms with van der Waals surface area (Å²) in [6.45, 7) is 5.22. The highest BCUT2D eigenvalue weighted by molar-refractivity contribution is 6.03. The molecule has 0 atom stereocenters. The second-order valence-electron chi connectivity index (χ2n) is 6.26. The number of carbonyl (C=O) groups is 2. The molecule has 0 aliphatic carbocycles. The molecule has 7 nitrogen and oxygen atoms in total. The lowest BCUT2D eigenvalue weighted by molar-refractivity contribution is -0.126. The maximum atomic E-state index is 11.9. The highest BCUT2D eigenvalue weighted by Crippen LogP contribution is 2.19. The van der Waals surface area contributed by atoms with Gasteiger partial charge in [0.15, 0.2) is 0 Å². The Kier molecular flexibility index (Phi) is 7.69. The smallest absolute Gasteiger partial charge is 0.233 e. The average Bonchev–Trinajstić information content (AvgIpc) is 2.60. The Labute approximate surface area is 149 Å². The third-order valence-electron chi connectivity index (χ3n) is 4.19. The molecule has 1 aromatic rings. The van der Waals surface area contributed by atoms with Crippen LogP contribution in [0.2, 0.25) is 0 Å². The lowest BCUT2D eigenvalue weighted by Crippen LogP contribution is -2.44. The quantitative estimate of drug-likeness (QED) is 0.540. The minimum atomic E-state index is -0.309. The van der Waals surface area contributed by atoms with Crippen LogP contribution < -0.4 is 15.5 Å². The first-order chi connectivity index (χ1) is 12.1. The normalized spacial score (nSPS) is 15.0. The molecule has 0 unspecified atom stereocenters. The monoisotopic (exact) mass is 348 g/mol. The van der Waals surface area contributed by atoms with Gasteiger partial charge in [0.25, 0.3) is 0 Å². The van der Waals surface area contributed by atoms with Gasteiger partial charge >= 0.3 is 0 Å². The predicted molar refractivity (Wildman–Crippen MR) is 98.9 cm³/mol. The lowest BCUT2D eigenvalue weighted by Gasteiger charge is -2.34. The van der Waals surface area contributed by atoms with Crippen LogP contribution in [-0.2, 0) is 14.3 Å². The van der Waals surface area contributed by atoms with Gasteiger partial charge in [-0.2, -0.15) is 0 Å². The minimum Gasteiger partial charge on any atom is -0.385 e. The Morgan fingerprint density at radius 1 is 1.08 bits per heavy atom. The molecule has 1 aromatic carbocycles. The number of methoxy groups -OCH3 is 1. The van der Waals surface area contributed by atoms with Crippen molar-refractivity contribution in [3.05, 3.63) is 24.3 Å². The molecular formula is C18H28N4O3. The summed E-state index contributed by atoms with van der Waals surface area (Å²) < 4.78 is 4.91. The summed E-state index contributed by atoms with van der Waals surface area (Å²) in [4.78, 5) is 28.2. The van der Waals surface area contributed by atoms with Crippen molar-refractivity contribution in [2.24, 2.45) is 0 Å². The van der Waals surface area contributed by atoms with Gasteiger partial charge in [-0.15, -0.1) is 0 Å². The summed E-state index contributed by atoms with van der Waals surface area (Å²) in [6.07, 6.45) is 0.560. The fourth-order valence-electron chi connectivity index (χ4n) is 2.68. The number of amides is 2. The van der Waals surface area contributed by atoms with Crippen LogP contribution in [0.4, 0.5) is 11.4 Å². The van der Waals surface area contributed by atoms with Gasteiger partial charge < -0.3 is 25.2 Å². The molecule has 25 heavy (non-hydrogen) atoms. The van der Waals surface area contributed by atoms with E-state index in [4.69, 9.17) is 4.74 Å². The van der Waals surface area contributed by atoms with Gasteiger partial charge in [-0.3, -0.25) is 9.59 Å². The Morgan fingerprint density at radius 2 is 1.76 bits per heavy atom. The van der Waals surface area contributed by atoms with E-state index in [0.717, 1.165) is 38.3 Å². The molecule has 2 N–H and O–H groups in total. The van der Waals surface area contributed by atoms with E-state index >= 15 is 0 Å². The van der Waals surface area contributed by atoms with Crippen molar-refractivity contribution in [3.63, 3.8) is 0 Å². The molecule has 1 aliphatic rings. The summed E-state index contributed by atoms with van der Waals surface area (Å²) in [5, 5.41) is 5.46. The van der Waals surface area contributed by atoms with E-state index in [1.54, 1.807) is 7.11 Å². The molecule has 7 heteroatoms. The largest absolute Gasteiger partial charge is 0.385 e. The van der Waals surface area contributed by atoms with Crippen LogP contribution in [0.25, 0.3) is 0 Å². The molecule has 138 valence electrons. The Hall–Kier alpha value is -2.12. The molecule has 0 bridgehead atoms. The highest BCUT2D eigenvalue weighted by atomic mass is 16.5. The summed E-state index contributed by atoms with van der Waals surface area (Å²) >= 11 is 0. The number of nitrogens with zero attached hydrogens (tertiary/aromatic N) is 2. The van der Waals surface area contributed by atoms with Crippen LogP contribution in [0.3, 0.4) is 0 Å². The number of rotatable bonds is 8. The Bertz CT molecular complexity index is 554. The van der Waals surface area contributed by atoms with Crippen LogP contribution >= 0.6 is 0 Å². The first-order valence-corrected chi connectivity index (χ1v) is 8.67. The SMILES string of the molecule is COCCCNC(=O)CC(=O)Nc1ccc(N2CCN(C)CC2)cc1. The molecule has 1 saturated heterocycles. The number of benzene rings is 1. The maximum Gasteiger partial charge on any atom is 0.233 e. The fourth-order valence-corrected chi connectivity index (χ4v) is 2.68. The molecule has 0 aromatic heterocycles. The molecule has 0 saturated carbocycles. The van der Waals surface area contributed by atoms with E-state index in [1.165, 1.54) is 0 Å². The first-order valence-electron chi connectivity index (χ1n) is 8.67. The van der Waals surface area contributed by atoms with Crippen LogP contribution in [0, 0.1) is 0 Å². The summed E-state index contributed by atoms with van der Waals surface area (Å²) in [6, 6.07) is 7.77. The molecule has 0 radical (unpaired) electrons. The van der Waals surface area contributed by atoms with Crippen LogP contribution in [0.1, 0.15) is 12.8 Å². The van der Waals surface area contributed by atoms with E-state index < -0.39 is 0 Å². The first kappa shape index (κ1) is 19.2. The zero-order chi connectivity index (χ0) is 18.1. The number of ether oxygens (including phenoxy) is 1. The number of piperazine rings is 1. The van der Waals surface area contributed by atoms with E-state index in [-0.39, 0.29) is 18.2 Å². The van der Waals surface area contributed by atoms with Crippen LogP contribution in [0.5, 0.6) is 0 Å². The lowest BCUT2D eigenvalue weighted by atomic mass is 10.2. The Balaban J connectivity index is 1.74. The predicted octanol–water partition coefficient (Wildman–Crippen LogP) is 0.920. The molecule has 1 aliphatic heterocycles. The number of hydrogen-bond donors (Lipinski definition) is 2. The summed E-state index contributed by atoms with van der Waals surface area (Å²) in [5.41, 5.74) is 1.86. The number of nitrogens with one attached hydrogen (secondary N) is 2. The van der Waals surface area contributed by atoms with Gasteiger partial charge in [0.2, 0.25) is 11.8 Å². The molecular weight excluding hydrogens is 320 g/mol. The Morgan fingerprint density at radius 3 is 2.40 bits per heavy atom. The van der Waals surface area contributed by atoms with Crippen molar-refractivity contribution in [3.8, 4) is 0 Å². The number of likely N-dealkylation sites (N-methyl/N-ethyl adjacent to an activating group) is 1. The third-order valence-corrected chi connectivity index (χ3v) is 4.19. The van der Waals surface area contributed by atoms with Crippen molar-refractivity contribution in [1.82, 2.24) is 10.2 Å². The summed E-state index contributed by atoms with van der Waals surface area (Å²) in [7, 11) is 3.74. The molecule has 1 fully saturated rings. The fraction of sp³-hybridized carbons (Fsp3) is 0.556. The van der Waals surface area contributed by atoms with Crippen LogP contribution in [-0.4, -0.2) is 70.2 Å². The third kappa shape index (κ3) is 6.72. The van der Waals surface area contributed by atoms with Gasteiger partial charge in [0.1, 0.15) is 6.42 Å². The van der Waals surface area contributed by atoms with Gasteiger partial charge in [-0.25, -0.2) is 0 Å². The van der Waals surface area contributed by atoms with Crippen molar-refractivity contribution in [2.45, 2.75) is 12.8 Å². The second kappa shape index (κ2) is 10.0. The van der Waals surface area contributed by atoms with Gasteiger partial charge in [-0.1, -0.05) is 0 Å². The van der Waals surface area contributed by atoms with Crippen molar-refractivity contribution < 1.29 is 14.3 Å². The topological polar surface area (TPSA) is 73.9 Å². The van der Waals surface area contributed by atoms with E-state index in [1.807, 2.05) is 24.3 Å².